The van der Waals surface area contributed by atoms with Crippen LogP contribution in [-0.2, 0) is 11.3 Å². The Hall–Kier alpha value is -1.46. The van der Waals surface area contributed by atoms with Gasteiger partial charge in [0.2, 0.25) is 5.91 Å². The summed E-state index contributed by atoms with van der Waals surface area (Å²) in [5.41, 5.74) is 0.686. The first-order chi connectivity index (χ1) is 10.6. The number of halogens is 1. The lowest BCUT2D eigenvalue weighted by molar-refractivity contribution is -0.132. The van der Waals surface area contributed by atoms with Crippen LogP contribution in [0.25, 0.3) is 0 Å². The monoisotopic (exact) mass is 307 g/mol. The van der Waals surface area contributed by atoms with Gasteiger partial charge in [0.05, 0.1) is 0 Å². The zero-order valence-corrected chi connectivity index (χ0v) is 13.5. The number of rotatable bonds is 6. The number of carbonyl (C=O) groups is 1. The van der Waals surface area contributed by atoms with Crippen molar-refractivity contribution in [2.75, 3.05) is 32.7 Å². The van der Waals surface area contributed by atoms with Crippen LogP contribution in [-0.4, -0.2) is 54.5 Å². The molecule has 22 heavy (non-hydrogen) atoms. The van der Waals surface area contributed by atoms with Crippen LogP contribution in [0.2, 0.25) is 0 Å². The fourth-order valence-electron chi connectivity index (χ4n) is 2.68. The molecule has 0 aromatic heterocycles. The molecule has 0 aliphatic carbocycles. The molecule has 0 radical (unpaired) electrons. The number of amides is 1. The summed E-state index contributed by atoms with van der Waals surface area (Å²) in [5, 5.41) is 3.25. The summed E-state index contributed by atoms with van der Waals surface area (Å²) in [6.45, 7) is 8.67. The van der Waals surface area contributed by atoms with Crippen molar-refractivity contribution in [2.45, 2.75) is 32.9 Å². The summed E-state index contributed by atoms with van der Waals surface area (Å²) in [5.74, 6) is 0.0160. The quantitative estimate of drug-likeness (QED) is 0.871. The predicted molar refractivity (Wildman–Crippen MR) is 86.0 cm³/mol. The van der Waals surface area contributed by atoms with Gasteiger partial charge in [-0.1, -0.05) is 18.2 Å². The third-order valence-corrected chi connectivity index (χ3v) is 4.14. The van der Waals surface area contributed by atoms with Gasteiger partial charge >= 0.3 is 0 Å². The molecule has 0 bridgehead atoms. The van der Waals surface area contributed by atoms with Gasteiger partial charge in [0.15, 0.2) is 0 Å². The average Bonchev–Trinajstić information content (AvgIpc) is 2.53. The van der Waals surface area contributed by atoms with E-state index in [-0.39, 0.29) is 17.8 Å². The second-order valence-electron chi connectivity index (χ2n) is 6.04. The van der Waals surface area contributed by atoms with Gasteiger partial charge in [-0.15, -0.1) is 0 Å². The lowest BCUT2D eigenvalue weighted by Crippen LogP contribution is -2.47. The van der Waals surface area contributed by atoms with Crippen molar-refractivity contribution in [3.05, 3.63) is 35.6 Å². The SMILES string of the molecule is CC(C)N(CCC(=O)N1CCNCC1)Cc1ccccc1F. The molecule has 0 atom stereocenters. The molecule has 1 amide bonds. The Kier molecular flexibility index (Phi) is 6.34. The molecule has 1 aliphatic heterocycles. The first-order valence-electron chi connectivity index (χ1n) is 8.04. The summed E-state index contributed by atoms with van der Waals surface area (Å²) >= 11 is 0. The molecule has 1 fully saturated rings. The minimum absolute atomic E-state index is 0.179. The Balaban J connectivity index is 1.89. The highest BCUT2D eigenvalue weighted by Crippen LogP contribution is 2.13. The van der Waals surface area contributed by atoms with E-state index in [1.807, 2.05) is 17.0 Å². The fraction of sp³-hybridized carbons (Fsp3) is 0.588. The Morgan fingerprint density at radius 1 is 1.32 bits per heavy atom. The molecule has 1 heterocycles. The van der Waals surface area contributed by atoms with Gasteiger partial charge in [0, 0.05) is 57.3 Å². The molecule has 0 spiro atoms. The Bertz CT molecular complexity index is 487. The van der Waals surface area contributed by atoms with E-state index in [0.717, 1.165) is 26.2 Å². The van der Waals surface area contributed by atoms with Gasteiger partial charge in [-0.25, -0.2) is 4.39 Å². The molecule has 2 rings (SSSR count). The van der Waals surface area contributed by atoms with Crippen LogP contribution < -0.4 is 5.32 Å². The lowest BCUT2D eigenvalue weighted by Gasteiger charge is -2.30. The molecular formula is C17H26FN3O. The first kappa shape index (κ1) is 16.9. The summed E-state index contributed by atoms with van der Waals surface area (Å²) in [6, 6.07) is 7.12. The Morgan fingerprint density at radius 3 is 2.64 bits per heavy atom. The van der Waals surface area contributed by atoms with Gasteiger partial charge in [-0.3, -0.25) is 9.69 Å². The highest BCUT2D eigenvalue weighted by atomic mass is 19.1. The summed E-state index contributed by atoms with van der Waals surface area (Å²) in [7, 11) is 0. The van der Waals surface area contributed by atoms with Crippen LogP contribution in [0.5, 0.6) is 0 Å². The maximum absolute atomic E-state index is 13.8. The van der Waals surface area contributed by atoms with Crippen molar-refractivity contribution >= 4 is 5.91 Å². The summed E-state index contributed by atoms with van der Waals surface area (Å²) < 4.78 is 13.8. The number of carbonyl (C=O) groups excluding carboxylic acids is 1. The Morgan fingerprint density at radius 2 is 2.00 bits per heavy atom. The lowest BCUT2D eigenvalue weighted by atomic mass is 10.1. The fourth-order valence-corrected chi connectivity index (χ4v) is 2.68. The molecule has 1 N–H and O–H groups in total. The van der Waals surface area contributed by atoms with Crippen molar-refractivity contribution in [3.8, 4) is 0 Å². The van der Waals surface area contributed by atoms with E-state index < -0.39 is 0 Å². The van der Waals surface area contributed by atoms with E-state index in [1.165, 1.54) is 6.07 Å². The van der Waals surface area contributed by atoms with Crippen LogP contribution in [0, 0.1) is 5.82 Å². The zero-order valence-electron chi connectivity index (χ0n) is 13.5. The van der Waals surface area contributed by atoms with Gasteiger partial charge in [-0.2, -0.15) is 0 Å². The van der Waals surface area contributed by atoms with Crippen molar-refractivity contribution in [1.82, 2.24) is 15.1 Å². The van der Waals surface area contributed by atoms with E-state index >= 15 is 0 Å². The highest BCUT2D eigenvalue weighted by Gasteiger charge is 2.19. The van der Waals surface area contributed by atoms with E-state index in [9.17, 15) is 9.18 Å². The van der Waals surface area contributed by atoms with Gasteiger partial charge < -0.3 is 10.2 Å². The van der Waals surface area contributed by atoms with Crippen molar-refractivity contribution < 1.29 is 9.18 Å². The normalized spacial score (nSPS) is 15.6. The van der Waals surface area contributed by atoms with Gasteiger partial charge in [-0.05, 0) is 19.9 Å². The van der Waals surface area contributed by atoms with Crippen LogP contribution in [0.4, 0.5) is 4.39 Å². The highest BCUT2D eigenvalue weighted by molar-refractivity contribution is 5.76. The Labute approximate surface area is 132 Å². The number of benzene rings is 1. The summed E-state index contributed by atoms with van der Waals surface area (Å²) in [4.78, 5) is 16.3. The minimum atomic E-state index is -0.179. The molecule has 0 unspecified atom stereocenters. The van der Waals surface area contributed by atoms with Crippen molar-refractivity contribution in [1.29, 1.82) is 0 Å². The van der Waals surface area contributed by atoms with Gasteiger partial charge in [0.25, 0.3) is 0 Å². The number of hydrogen-bond donors (Lipinski definition) is 1. The number of nitrogens with one attached hydrogen (secondary N) is 1. The van der Waals surface area contributed by atoms with Crippen molar-refractivity contribution in [3.63, 3.8) is 0 Å². The molecule has 1 saturated heterocycles. The topological polar surface area (TPSA) is 35.6 Å². The second kappa shape index (κ2) is 8.25. The number of piperazine rings is 1. The second-order valence-corrected chi connectivity index (χ2v) is 6.04. The number of nitrogens with zero attached hydrogens (tertiary/aromatic N) is 2. The largest absolute Gasteiger partial charge is 0.340 e. The smallest absolute Gasteiger partial charge is 0.223 e. The van der Waals surface area contributed by atoms with Gasteiger partial charge in [0.1, 0.15) is 5.82 Å². The van der Waals surface area contributed by atoms with E-state index in [0.29, 0.717) is 25.1 Å². The predicted octanol–water partition coefficient (Wildman–Crippen LogP) is 1.86. The molecule has 0 saturated carbocycles. The average molecular weight is 307 g/mol. The van der Waals surface area contributed by atoms with E-state index in [2.05, 4.69) is 24.1 Å². The molecule has 122 valence electrons. The molecule has 1 aliphatic rings. The van der Waals surface area contributed by atoms with E-state index in [4.69, 9.17) is 0 Å². The molecule has 1 aromatic rings. The van der Waals surface area contributed by atoms with Crippen LogP contribution in [0.15, 0.2) is 24.3 Å². The third-order valence-electron chi connectivity index (χ3n) is 4.14. The molecular weight excluding hydrogens is 281 g/mol. The summed E-state index contributed by atoms with van der Waals surface area (Å²) in [6.07, 6.45) is 0.493. The van der Waals surface area contributed by atoms with Crippen LogP contribution >= 0.6 is 0 Å². The number of hydrogen-bond acceptors (Lipinski definition) is 3. The molecule has 4 nitrogen and oxygen atoms in total. The molecule has 1 aromatic carbocycles. The zero-order chi connectivity index (χ0) is 15.9. The standard InChI is InChI=1S/C17H26FN3O/c1-14(2)21(13-15-5-3-4-6-16(15)18)10-7-17(22)20-11-8-19-9-12-20/h3-6,14,19H,7-13H2,1-2H3. The molecule has 5 heteroatoms. The van der Waals surface area contributed by atoms with Crippen LogP contribution in [0.1, 0.15) is 25.8 Å². The first-order valence-corrected chi connectivity index (χ1v) is 8.04. The van der Waals surface area contributed by atoms with Crippen molar-refractivity contribution in [2.24, 2.45) is 0 Å². The van der Waals surface area contributed by atoms with Crippen LogP contribution in [0.3, 0.4) is 0 Å². The maximum atomic E-state index is 13.8. The van der Waals surface area contributed by atoms with E-state index in [1.54, 1.807) is 6.07 Å². The minimum Gasteiger partial charge on any atom is -0.340 e. The maximum Gasteiger partial charge on any atom is 0.223 e. The third kappa shape index (κ3) is 4.78.